The van der Waals surface area contributed by atoms with Crippen LogP contribution in [0.1, 0.15) is 21.7 Å². The predicted molar refractivity (Wildman–Crippen MR) is 106 cm³/mol. The minimum absolute atomic E-state index is 0.114. The van der Waals surface area contributed by atoms with Gasteiger partial charge < -0.3 is 5.32 Å². The van der Waals surface area contributed by atoms with Crippen LogP contribution in [0, 0.1) is 0 Å². The van der Waals surface area contributed by atoms with E-state index in [1.807, 2.05) is 42.5 Å². The molecule has 0 aliphatic carbocycles. The van der Waals surface area contributed by atoms with Crippen molar-refractivity contribution in [3.8, 4) is 11.1 Å². The van der Waals surface area contributed by atoms with E-state index >= 15 is 0 Å². The summed E-state index contributed by atoms with van der Waals surface area (Å²) in [5.41, 5.74) is 0.684. The van der Waals surface area contributed by atoms with Crippen LogP contribution in [0.15, 0.2) is 66.9 Å². The number of aromatic nitrogens is 3. The molecule has 5 nitrogen and oxygen atoms in total. The number of pyridine rings is 1. The Morgan fingerprint density at radius 3 is 2.47 bits per heavy atom. The summed E-state index contributed by atoms with van der Waals surface area (Å²) in [6, 6.07) is 17.3. The van der Waals surface area contributed by atoms with Gasteiger partial charge in [0.2, 0.25) is 0 Å². The number of nitrogens with one attached hydrogen (secondary N) is 1. The van der Waals surface area contributed by atoms with Crippen molar-refractivity contribution in [2.45, 2.75) is 12.7 Å². The molecular formula is C21H14ClF3N4O. The molecule has 0 fully saturated rings. The van der Waals surface area contributed by atoms with Crippen LogP contribution in [0.5, 0.6) is 0 Å². The Kier molecular flexibility index (Phi) is 5.17. The van der Waals surface area contributed by atoms with Gasteiger partial charge >= 0.3 is 6.18 Å². The molecule has 9 heteroatoms. The highest BCUT2D eigenvalue weighted by atomic mass is 35.5. The van der Waals surface area contributed by atoms with Gasteiger partial charge in [-0.3, -0.25) is 9.20 Å². The molecule has 1 N–H and O–H groups in total. The lowest BCUT2D eigenvalue weighted by molar-refractivity contribution is -0.136. The number of benzene rings is 2. The number of nitrogens with zero attached hydrogens (tertiary/aromatic N) is 3. The lowest BCUT2D eigenvalue weighted by Gasteiger charge is -2.11. The van der Waals surface area contributed by atoms with Gasteiger partial charge in [0, 0.05) is 11.8 Å². The van der Waals surface area contributed by atoms with Crippen LogP contribution >= 0.6 is 11.6 Å². The molecule has 30 heavy (non-hydrogen) atoms. The molecule has 2 heterocycles. The van der Waals surface area contributed by atoms with Crippen LogP contribution in [0.25, 0.3) is 16.8 Å². The summed E-state index contributed by atoms with van der Waals surface area (Å²) in [5, 5.41) is 10.0. The zero-order chi connectivity index (χ0) is 21.3. The van der Waals surface area contributed by atoms with E-state index in [1.54, 1.807) is 12.1 Å². The molecule has 0 radical (unpaired) electrons. The molecule has 2 aromatic heterocycles. The van der Waals surface area contributed by atoms with Gasteiger partial charge in [-0.2, -0.15) is 13.2 Å². The number of halogens is 4. The summed E-state index contributed by atoms with van der Waals surface area (Å²) in [6.07, 6.45) is -3.35. The van der Waals surface area contributed by atoms with Gasteiger partial charge in [-0.05, 0) is 23.3 Å². The second kappa shape index (κ2) is 7.79. The number of hydrogen-bond acceptors (Lipinski definition) is 3. The summed E-state index contributed by atoms with van der Waals surface area (Å²) < 4.78 is 40.8. The topological polar surface area (TPSA) is 59.3 Å². The highest BCUT2D eigenvalue weighted by Crippen LogP contribution is 2.33. The molecule has 0 aliphatic heterocycles. The number of amides is 1. The first-order valence-electron chi connectivity index (χ1n) is 8.87. The van der Waals surface area contributed by atoms with Crippen LogP contribution in [0.3, 0.4) is 0 Å². The molecule has 0 aliphatic rings. The smallest absolute Gasteiger partial charge is 0.345 e. The molecular weight excluding hydrogens is 417 g/mol. The Hall–Kier alpha value is -3.39. The second-order valence-electron chi connectivity index (χ2n) is 6.47. The highest BCUT2D eigenvalue weighted by molar-refractivity contribution is 6.30. The number of rotatable bonds is 4. The third-order valence-electron chi connectivity index (χ3n) is 4.51. The fourth-order valence-corrected chi connectivity index (χ4v) is 3.35. The van der Waals surface area contributed by atoms with Gasteiger partial charge in [-0.15, -0.1) is 10.2 Å². The van der Waals surface area contributed by atoms with Gasteiger partial charge in [0.25, 0.3) is 5.91 Å². The number of carbonyl (C=O) groups is 1. The molecule has 0 saturated heterocycles. The Labute approximate surface area is 174 Å². The molecule has 0 unspecified atom stereocenters. The Morgan fingerprint density at radius 2 is 1.73 bits per heavy atom. The molecule has 0 bridgehead atoms. The summed E-state index contributed by atoms with van der Waals surface area (Å²) in [5.74, 6) is -0.257. The molecule has 4 aromatic rings. The quantitative estimate of drug-likeness (QED) is 0.495. The van der Waals surface area contributed by atoms with E-state index in [2.05, 4.69) is 15.5 Å². The van der Waals surface area contributed by atoms with Crippen molar-refractivity contribution in [3.63, 3.8) is 0 Å². The molecule has 2 aromatic carbocycles. The third kappa shape index (κ3) is 3.86. The molecule has 1 amide bonds. The molecule has 0 atom stereocenters. The summed E-state index contributed by atoms with van der Waals surface area (Å²) in [7, 11) is 0. The van der Waals surface area contributed by atoms with Crippen molar-refractivity contribution in [3.05, 3.63) is 88.8 Å². The lowest BCUT2D eigenvalue weighted by Crippen LogP contribution is -2.24. The minimum Gasteiger partial charge on any atom is -0.345 e. The Morgan fingerprint density at radius 1 is 1.03 bits per heavy atom. The fourth-order valence-electron chi connectivity index (χ4n) is 3.14. The van der Waals surface area contributed by atoms with Crippen molar-refractivity contribution >= 4 is 23.2 Å². The van der Waals surface area contributed by atoms with Gasteiger partial charge in [0.15, 0.2) is 11.5 Å². The normalized spacial score (nSPS) is 11.6. The van der Waals surface area contributed by atoms with Gasteiger partial charge in [-0.1, -0.05) is 60.1 Å². The maximum atomic E-state index is 13.2. The average molecular weight is 431 g/mol. The molecule has 0 spiro atoms. The van der Waals surface area contributed by atoms with E-state index in [0.717, 1.165) is 21.6 Å². The van der Waals surface area contributed by atoms with Crippen LogP contribution < -0.4 is 5.32 Å². The summed E-state index contributed by atoms with van der Waals surface area (Å²) in [6.45, 7) is -0.124. The molecule has 0 saturated carbocycles. The largest absolute Gasteiger partial charge is 0.420 e. The number of fused-ring (bicyclic) bond motifs is 1. The molecule has 152 valence electrons. The summed E-state index contributed by atoms with van der Waals surface area (Å²) >= 11 is 5.84. The second-order valence-corrected chi connectivity index (χ2v) is 6.91. The van der Waals surface area contributed by atoms with Gasteiger partial charge in [-0.25, -0.2) is 0 Å². The third-order valence-corrected chi connectivity index (χ3v) is 4.72. The van der Waals surface area contributed by atoms with Crippen LogP contribution in [0.4, 0.5) is 13.2 Å². The van der Waals surface area contributed by atoms with E-state index in [0.29, 0.717) is 5.56 Å². The fraction of sp³-hybridized carbons (Fsp3) is 0.0952. The summed E-state index contributed by atoms with van der Waals surface area (Å²) in [4.78, 5) is 12.8. The SMILES string of the molecule is O=C(NCc1nnc2c(C(F)(F)F)cc(Cl)cn12)c1ccccc1-c1ccccc1. The van der Waals surface area contributed by atoms with Gasteiger partial charge in [0.05, 0.1) is 11.6 Å². The first kappa shape index (κ1) is 19.9. The standard InChI is InChI=1S/C21H14ClF3N4O/c22-14-10-17(21(23,24)25)19-28-27-18(29(19)12-14)11-26-20(30)16-9-5-4-8-15(16)13-6-2-1-3-7-13/h1-10,12H,11H2,(H,26,30). The van der Waals surface area contributed by atoms with E-state index in [1.165, 1.54) is 6.20 Å². The van der Waals surface area contributed by atoms with E-state index in [4.69, 9.17) is 11.6 Å². The van der Waals surface area contributed by atoms with Gasteiger partial charge in [0.1, 0.15) is 5.56 Å². The van der Waals surface area contributed by atoms with E-state index in [9.17, 15) is 18.0 Å². The van der Waals surface area contributed by atoms with E-state index < -0.39 is 11.7 Å². The Balaban J connectivity index is 1.62. The number of carbonyl (C=O) groups excluding carboxylic acids is 1. The van der Waals surface area contributed by atoms with Crippen molar-refractivity contribution < 1.29 is 18.0 Å². The monoisotopic (exact) mass is 430 g/mol. The van der Waals surface area contributed by atoms with Crippen molar-refractivity contribution in [2.75, 3.05) is 0 Å². The maximum absolute atomic E-state index is 13.2. The maximum Gasteiger partial charge on any atom is 0.420 e. The van der Waals surface area contributed by atoms with Crippen LogP contribution in [-0.4, -0.2) is 20.5 Å². The average Bonchev–Trinajstić information content (AvgIpc) is 3.14. The Bertz CT molecular complexity index is 1220. The first-order chi connectivity index (χ1) is 14.3. The van der Waals surface area contributed by atoms with Crippen LogP contribution in [0.2, 0.25) is 5.02 Å². The zero-order valence-corrected chi connectivity index (χ0v) is 16.1. The minimum atomic E-state index is -4.63. The molecule has 4 rings (SSSR count). The van der Waals surface area contributed by atoms with Crippen molar-refractivity contribution in [1.82, 2.24) is 19.9 Å². The lowest BCUT2D eigenvalue weighted by atomic mass is 9.99. The predicted octanol–water partition coefficient (Wildman–Crippen LogP) is 5.00. The zero-order valence-electron chi connectivity index (χ0n) is 15.3. The first-order valence-corrected chi connectivity index (χ1v) is 9.25. The number of alkyl halides is 3. The number of hydrogen-bond donors (Lipinski definition) is 1. The van der Waals surface area contributed by atoms with Crippen LogP contribution in [-0.2, 0) is 12.7 Å². The van der Waals surface area contributed by atoms with Crippen molar-refractivity contribution in [2.24, 2.45) is 0 Å². The van der Waals surface area contributed by atoms with E-state index in [-0.39, 0.29) is 28.9 Å². The van der Waals surface area contributed by atoms with Crippen molar-refractivity contribution in [1.29, 1.82) is 0 Å². The highest BCUT2D eigenvalue weighted by Gasteiger charge is 2.35.